The van der Waals surface area contributed by atoms with Gasteiger partial charge >= 0.3 is 0 Å². The van der Waals surface area contributed by atoms with Crippen molar-refractivity contribution in [1.29, 1.82) is 0 Å². The summed E-state index contributed by atoms with van der Waals surface area (Å²) in [4.78, 5) is 19.8. The lowest BCUT2D eigenvalue weighted by Crippen LogP contribution is -2.41. The second-order valence-electron chi connectivity index (χ2n) is 4.28. The Labute approximate surface area is 143 Å². The van der Waals surface area contributed by atoms with E-state index in [-0.39, 0.29) is 29.9 Å². The van der Waals surface area contributed by atoms with Gasteiger partial charge in [0.1, 0.15) is 0 Å². The van der Waals surface area contributed by atoms with Gasteiger partial charge in [0, 0.05) is 39.1 Å². The molecular weight excluding hydrogens is 381 g/mol. The minimum absolute atomic E-state index is 0. The van der Waals surface area contributed by atoms with E-state index in [1.807, 2.05) is 0 Å². The summed E-state index contributed by atoms with van der Waals surface area (Å²) in [6, 6.07) is 3.48. The summed E-state index contributed by atoms with van der Waals surface area (Å²) in [6.45, 7) is 4.20. The van der Waals surface area contributed by atoms with Crippen LogP contribution in [-0.2, 0) is 0 Å². The van der Waals surface area contributed by atoms with Crippen LogP contribution in [0.4, 0.5) is 0 Å². The molecule has 0 spiro atoms. The number of aliphatic imine (C=N–C) groups is 1. The zero-order chi connectivity index (χ0) is 14.6. The number of halogens is 1. The van der Waals surface area contributed by atoms with E-state index >= 15 is 0 Å². The number of nitrogens with one attached hydrogen (secondary N) is 3. The first-order valence-electron chi connectivity index (χ1n) is 6.90. The number of amides is 1. The molecule has 0 aliphatic carbocycles. The molecule has 118 valence electrons. The molecule has 3 N–H and O–H groups in total. The highest BCUT2D eigenvalue weighted by Gasteiger charge is 2.03. The molecule has 1 rings (SSSR count). The fourth-order valence-corrected chi connectivity index (χ4v) is 1.56. The fourth-order valence-electron chi connectivity index (χ4n) is 1.56. The summed E-state index contributed by atoms with van der Waals surface area (Å²) >= 11 is 0. The van der Waals surface area contributed by atoms with Crippen molar-refractivity contribution in [3.05, 3.63) is 30.1 Å². The molecule has 7 heteroatoms. The number of nitrogens with zero attached hydrogens (tertiary/aromatic N) is 2. The molecule has 1 aromatic rings. The summed E-state index contributed by atoms with van der Waals surface area (Å²) in [5.74, 6) is 0.642. The second-order valence-corrected chi connectivity index (χ2v) is 4.28. The van der Waals surface area contributed by atoms with Gasteiger partial charge in [-0.05, 0) is 18.6 Å². The summed E-state index contributed by atoms with van der Waals surface area (Å²) in [7, 11) is 1.73. The number of hydrogen-bond acceptors (Lipinski definition) is 3. The molecule has 0 aromatic carbocycles. The standard InChI is InChI=1S/C14H23N5O.HI/c1-3-4-8-18-14(15-2)19-10-9-17-13(20)12-6-5-7-16-11-12;/h5-7,11H,3-4,8-10H2,1-2H3,(H,17,20)(H2,15,18,19);1H. The van der Waals surface area contributed by atoms with Crippen molar-refractivity contribution in [1.82, 2.24) is 20.9 Å². The van der Waals surface area contributed by atoms with E-state index in [1.165, 1.54) is 0 Å². The average molecular weight is 405 g/mol. The highest BCUT2D eigenvalue weighted by Crippen LogP contribution is 1.94. The van der Waals surface area contributed by atoms with E-state index in [9.17, 15) is 4.79 Å². The van der Waals surface area contributed by atoms with Gasteiger partial charge in [-0.3, -0.25) is 14.8 Å². The minimum Gasteiger partial charge on any atom is -0.356 e. The van der Waals surface area contributed by atoms with Crippen LogP contribution in [0.2, 0.25) is 0 Å². The maximum Gasteiger partial charge on any atom is 0.252 e. The van der Waals surface area contributed by atoms with Crippen LogP contribution in [0.1, 0.15) is 30.1 Å². The van der Waals surface area contributed by atoms with Gasteiger partial charge in [0.15, 0.2) is 5.96 Å². The van der Waals surface area contributed by atoms with Crippen LogP contribution in [0.5, 0.6) is 0 Å². The summed E-state index contributed by atoms with van der Waals surface area (Å²) in [5, 5.41) is 9.17. The predicted octanol–water partition coefficient (Wildman–Crippen LogP) is 1.39. The number of pyridine rings is 1. The Morgan fingerprint density at radius 3 is 2.57 bits per heavy atom. The number of guanidine groups is 1. The number of hydrogen-bond donors (Lipinski definition) is 3. The van der Waals surface area contributed by atoms with Crippen molar-refractivity contribution in [3.63, 3.8) is 0 Å². The zero-order valence-electron chi connectivity index (χ0n) is 12.6. The van der Waals surface area contributed by atoms with Crippen LogP contribution in [-0.4, -0.2) is 43.5 Å². The first-order chi connectivity index (χ1) is 9.77. The Bertz CT molecular complexity index is 425. The Morgan fingerprint density at radius 1 is 1.24 bits per heavy atom. The highest BCUT2D eigenvalue weighted by atomic mass is 127. The Balaban J connectivity index is 0.00000400. The zero-order valence-corrected chi connectivity index (χ0v) is 14.9. The van der Waals surface area contributed by atoms with Crippen molar-refractivity contribution >= 4 is 35.8 Å². The van der Waals surface area contributed by atoms with Crippen LogP contribution in [0.15, 0.2) is 29.5 Å². The van der Waals surface area contributed by atoms with Crippen LogP contribution in [0, 0.1) is 0 Å². The third-order valence-electron chi connectivity index (χ3n) is 2.67. The van der Waals surface area contributed by atoms with Crippen molar-refractivity contribution in [2.24, 2.45) is 4.99 Å². The van der Waals surface area contributed by atoms with Gasteiger partial charge in [-0.2, -0.15) is 0 Å². The van der Waals surface area contributed by atoms with Crippen molar-refractivity contribution < 1.29 is 4.79 Å². The van der Waals surface area contributed by atoms with Crippen LogP contribution < -0.4 is 16.0 Å². The topological polar surface area (TPSA) is 78.4 Å². The van der Waals surface area contributed by atoms with Crippen LogP contribution in [0.25, 0.3) is 0 Å². The first kappa shape index (κ1) is 19.6. The van der Waals surface area contributed by atoms with E-state index in [0.717, 1.165) is 25.3 Å². The number of carbonyl (C=O) groups excluding carboxylic acids is 1. The third kappa shape index (κ3) is 8.49. The van der Waals surface area contributed by atoms with Gasteiger partial charge in [-0.15, -0.1) is 24.0 Å². The predicted molar refractivity (Wildman–Crippen MR) is 96.3 cm³/mol. The molecule has 0 bridgehead atoms. The molecular formula is C14H24IN5O. The number of unbranched alkanes of at least 4 members (excludes halogenated alkanes) is 1. The molecule has 1 amide bonds. The van der Waals surface area contributed by atoms with E-state index in [2.05, 4.69) is 32.9 Å². The lowest BCUT2D eigenvalue weighted by atomic mass is 10.3. The molecule has 0 atom stereocenters. The van der Waals surface area contributed by atoms with Gasteiger partial charge in [-0.25, -0.2) is 0 Å². The summed E-state index contributed by atoms with van der Waals surface area (Å²) in [5.41, 5.74) is 0.568. The normalized spacial score (nSPS) is 10.5. The quantitative estimate of drug-likeness (QED) is 0.277. The molecule has 6 nitrogen and oxygen atoms in total. The van der Waals surface area contributed by atoms with E-state index < -0.39 is 0 Å². The van der Waals surface area contributed by atoms with Crippen molar-refractivity contribution in [2.75, 3.05) is 26.7 Å². The molecule has 0 saturated carbocycles. The van der Waals surface area contributed by atoms with Crippen molar-refractivity contribution in [3.8, 4) is 0 Å². The lowest BCUT2D eigenvalue weighted by Gasteiger charge is -2.11. The van der Waals surface area contributed by atoms with E-state index in [1.54, 1.807) is 31.6 Å². The highest BCUT2D eigenvalue weighted by molar-refractivity contribution is 14.0. The number of aromatic nitrogens is 1. The monoisotopic (exact) mass is 405 g/mol. The second kappa shape index (κ2) is 12.4. The Kier molecular flexibility index (Phi) is 11.6. The molecule has 0 unspecified atom stereocenters. The van der Waals surface area contributed by atoms with Gasteiger partial charge in [0.05, 0.1) is 5.56 Å². The number of carbonyl (C=O) groups is 1. The maximum atomic E-state index is 11.7. The van der Waals surface area contributed by atoms with Gasteiger partial charge in [0.2, 0.25) is 0 Å². The van der Waals surface area contributed by atoms with Crippen molar-refractivity contribution in [2.45, 2.75) is 19.8 Å². The van der Waals surface area contributed by atoms with Gasteiger partial charge in [0.25, 0.3) is 5.91 Å². The molecule has 0 radical (unpaired) electrons. The summed E-state index contributed by atoms with van der Waals surface area (Å²) in [6.07, 6.45) is 5.45. The maximum absolute atomic E-state index is 11.7. The Morgan fingerprint density at radius 2 is 1.95 bits per heavy atom. The molecule has 0 saturated heterocycles. The molecule has 21 heavy (non-hydrogen) atoms. The largest absolute Gasteiger partial charge is 0.356 e. The van der Waals surface area contributed by atoms with Gasteiger partial charge in [-0.1, -0.05) is 13.3 Å². The molecule has 1 heterocycles. The SMILES string of the molecule is CCCCNC(=NC)NCCNC(=O)c1cccnc1.I. The molecule has 0 aliphatic rings. The van der Waals surface area contributed by atoms with Crippen LogP contribution in [0.3, 0.4) is 0 Å². The molecule has 0 aliphatic heterocycles. The minimum atomic E-state index is -0.117. The summed E-state index contributed by atoms with van der Waals surface area (Å²) < 4.78 is 0. The van der Waals surface area contributed by atoms with Gasteiger partial charge < -0.3 is 16.0 Å². The average Bonchev–Trinajstić information content (AvgIpc) is 2.50. The lowest BCUT2D eigenvalue weighted by molar-refractivity contribution is 0.0954. The third-order valence-corrected chi connectivity index (χ3v) is 2.67. The fraction of sp³-hybridized carbons (Fsp3) is 0.500. The van der Waals surface area contributed by atoms with E-state index in [0.29, 0.717) is 18.7 Å². The molecule has 1 aromatic heterocycles. The van der Waals surface area contributed by atoms with E-state index in [4.69, 9.17) is 0 Å². The number of rotatable bonds is 7. The molecule has 0 fully saturated rings. The van der Waals surface area contributed by atoms with Crippen LogP contribution >= 0.6 is 24.0 Å². The first-order valence-corrected chi connectivity index (χ1v) is 6.90. The Hall–Kier alpha value is -1.38. The smallest absolute Gasteiger partial charge is 0.252 e.